The van der Waals surface area contributed by atoms with E-state index in [0.717, 1.165) is 30.9 Å². The van der Waals surface area contributed by atoms with E-state index in [-0.39, 0.29) is 22.0 Å². The number of oxime groups is 1. The fourth-order valence-corrected chi connectivity index (χ4v) is 7.02. The van der Waals surface area contributed by atoms with Gasteiger partial charge in [0, 0.05) is 48.7 Å². The van der Waals surface area contributed by atoms with Crippen molar-refractivity contribution in [2.75, 3.05) is 45.7 Å². The number of likely N-dealkylation sites (tertiary alicyclic amines) is 1. The van der Waals surface area contributed by atoms with Crippen LogP contribution in [-0.4, -0.2) is 92.6 Å². The smallest absolute Gasteiger partial charge is 0.280 e. The minimum absolute atomic E-state index is 0.0624. The maximum atomic E-state index is 13.3. The van der Waals surface area contributed by atoms with Gasteiger partial charge in [0.05, 0.1) is 23.4 Å². The second-order valence-electron chi connectivity index (χ2n) is 10.0. The third kappa shape index (κ3) is 6.37. The molecule has 2 aromatic rings. The Balaban J connectivity index is 1.28. The van der Waals surface area contributed by atoms with E-state index >= 15 is 0 Å². The van der Waals surface area contributed by atoms with Crippen LogP contribution in [0.25, 0.3) is 0 Å². The van der Waals surface area contributed by atoms with Crippen LogP contribution in [0.15, 0.2) is 40.5 Å². The van der Waals surface area contributed by atoms with Crippen molar-refractivity contribution in [3.05, 3.63) is 40.9 Å². The SMILES string of the molecule is CN(C)[C@@H]1CCN(Cc2cnc(NC(=O)/C(=N/O[C@@H]3CCOC3)c3ccc(S(=O)(=O)C4CC4)cc3)s2)C1. The first kappa shape index (κ1) is 26.2. The Kier molecular flexibility index (Phi) is 7.91. The lowest BCUT2D eigenvalue weighted by Crippen LogP contribution is -2.31. The number of amides is 1. The predicted molar refractivity (Wildman–Crippen MR) is 142 cm³/mol. The maximum absolute atomic E-state index is 13.3. The highest BCUT2D eigenvalue weighted by Crippen LogP contribution is 2.33. The van der Waals surface area contributed by atoms with E-state index in [2.05, 4.69) is 39.4 Å². The number of aromatic nitrogens is 1. The van der Waals surface area contributed by atoms with Crippen molar-refractivity contribution < 1.29 is 22.8 Å². The Morgan fingerprint density at radius 2 is 2.03 bits per heavy atom. The lowest BCUT2D eigenvalue weighted by Gasteiger charge is -2.19. The molecule has 1 amide bonds. The van der Waals surface area contributed by atoms with Gasteiger partial charge in [0.25, 0.3) is 5.91 Å². The molecule has 200 valence electrons. The molecular weight excluding hydrogens is 514 g/mol. The first-order valence-corrected chi connectivity index (χ1v) is 15.0. The summed E-state index contributed by atoms with van der Waals surface area (Å²) < 4.78 is 30.5. The standard InChI is InChI=1S/C25H33N5O5S2/c1-29(2)18-9-11-30(14-18)15-20-13-26-25(36-20)27-24(31)23(28-35-19-10-12-34-16-19)17-3-5-21(6-4-17)37(32,33)22-7-8-22/h3-6,13,18-19,22H,7-12,14-16H2,1-2H3,(H,26,27,31)/b28-23+/t18-,19-/m1/s1. The third-order valence-corrected chi connectivity index (χ3v) is 10.1. The van der Waals surface area contributed by atoms with E-state index in [0.29, 0.717) is 49.2 Å². The fraction of sp³-hybridized carbons (Fsp3) is 0.560. The van der Waals surface area contributed by atoms with Crippen LogP contribution < -0.4 is 5.32 Å². The molecule has 10 nitrogen and oxygen atoms in total. The summed E-state index contributed by atoms with van der Waals surface area (Å²) in [4.78, 5) is 29.2. The number of anilines is 1. The largest absolute Gasteiger partial charge is 0.389 e. The molecule has 2 atom stereocenters. The van der Waals surface area contributed by atoms with E-state index < -0.39 is 15.7 Å². The van der Waals surface area contributed by atoms with E-state index in [9.17, 15) is 13.2 Å². The molecule has 1 N–H and O–H groups in total. The van der Waals surface area contributed by atoms with Gasteiger partial charge in [0.2, 0.25) is 0 Å². The molecule has 1 aromatic heterocycles. The minimum atomic E-state index is -3.32. The van der Waals surface area contributed by atoms with Crippen LogP contribution in [0.4, 0.5) is 5.13 Å². The Hall–Kier alpha value is -2.38. The molecule has 3 fully saturated rings. The molecule has 0 unspecified atom stereocenters. The van der Waals surface area contributed by atoms with Gasteiger partial charge in [0.15, 0.2) is 26.8 Å². The van der Waals surface area contributed by atoms with Crippen molar-refractivity contribution in [1.29, 1.82) is 0 Å². The Morgan fingerprint density at radius 1 is 1.24 bits per heavy atom. The number of sulfone groups is 1. The topological polar surface area (TPSA) is 113 Å². The highest BCUT2D eigenvalue weighted by atomic mass is 32.2. The predicted octanol–water partition coefficient (Wildman–Crippen LogP) is 2.36. The molecule has 2 saturated heterocycles. The number of benzene rings is 1. The van der Waals surface area contributed by atoms with Crippen molar-refractivity contribution in [2.24, 2.45) is 5.16 Å². The van der Waals surface area contributed by atoms with Gasteiger partial charge >= 0.3 is 0 Å². The molecule has 1 aliphatic carbocycles. The van der Waals surface area contributed by atoms with Gasteiger partial charge in [-0.2, -0.15) is 0 Å². The van der Waals surface area contributed by atoms with Crippen LogP contribution in [0.3, 0.4) is 0 Å². The lowest BCUT2D eigenvalue weighted by molar-refractivity contribution is -0.110. The van der Waals surface area contributed by atoms with Gasteiger partial charge in [-0.05, 0) is 45.5 Å². The van der Waals surface area contributed by atoms with E-state index in [1.54, 1.807) is 18.3 Å². The van der Waals surface area contributed by atoms with Gasteiger partial charge < -0.3 is 14.5 Å². The minimum Gasteiger partial charge on any atom is -0.389 e. The van der Waals surface area contributed by atoms with Gasteiger partial charge in [-0.1, -0.05) is 17.3 Å². The van der Waals surface area contributed by atoms with Crippen molar-refractivity contribution in [3.63, 3.8) is 0 Å². The second-order valence-corrected chi connectivity index (χ2v) is 13.4. The number of thiazole rings is 1. The van der Waals surface area contributed by atoms with Crippen LogP contribution >= 0.6 is 11.3 Å². The van der Waals surface area contributed by atoms with Crippen LogP contribution in [0.2, 0.25) is 0 Å². The molecule has 3 aliphatic rings. The summed E-state index contributed by atoms with van der Waals surface area (Å²) in [6, 6.07) is 6.82. The van der Waals surface area contributed by atoms with Crippen LogP contribution in [-0.2, 0) is 30.8 Å². The number of nitrogens with zero attached hydrogens (tertiary/aromatic N) is 4. The van der Waals surface area contributed by atoms with Crippen molar-refractivity contribution >= 4 is 37.9 Å². The summed E-state index contributed by atoms with van der Waals surface area (Å²) in [5, 5.41) is 7.19. The molecule has 0 spiro atoms. The van der Waals surface area contributed by atoms with Crippen molar-refractivity contribution in [3.8, 4) is 0 Å². The summed E-state index contributed by atoms with van der Waals surface area (Å²) in [5.41, 5.74) is 0.530. The van der Waals surface area contributed by atoms with Crippen LogP contribution in [0.5, 0.6) is 0 Å². The molecule has 2 aliphatic heterocycles. The first-order chi connectivity index (χ1) is 17.8. The van der Waals surface area contributed by atoms with Gasteiger partial charge in [0.1, 0.15) is 0 Å². The summed E-state index contributed by atoms with van der Waals surface area (Å²) in [6.07, 6.45) is 4.79. The average Bonchev–Trinajstić information content (AvgIpc) is 3.22. The number of nitrogens with one attached hydrogen (secondary N) is 1. The molecule has 1 saturated carbocycles. The van der Waals surface area contributed by atoms with Crippen molar-refractivity contribution in [1.82, 2.24) is 14.8 Å². The number of ether oxygens (including phenoxy) is 1. The monoisotopic (exact) mass is 547 g/mol. The summed E-state index contributed by atoms with van der Waals surface area (Å²) >= 11 is 1.44. The maximum Gasteiger partial charge on any atom is 0.280 e. The molecule has 3 heterocycles. The fourth-order valence-electron chi connectivity index (χ4n) is 4.51. The zero-order valence-corrected chi connectivity index (χ0v) is 22.8. The number of carbonyl (C=O) groups is 1. The average molecular weight is 548 g/mol. The highest BCUT2D eigenvalue weighted by molar-refractivity contribution is 7.92. The number of carbonyl (C=O) groups excluding carboxylic acids is 1. The highest BCUT2D eigenvalue weighted by Gasteiger charge is 2.37. The zero-order chi connectivity index (χ0) is 26.0. The number of rotatable bonds is 10. The Labute approximate surface area is 221 Å². The molecular formula is C25H33N5O5S2. The Morgan fingerprint density at radius 3 is 2.68 bits per heavy atom. The van der Waals surface area contributed by atoms with E-state index in [4.69, 9.17) is 9.57 Å². The third-order valence-electron chi connectivity index (χ3n) is 6.95. The van der Waals surface area contributed by atoms with Crippen LogP contribution in [0, 0.1) is 0 Å². The van der Waals surface area contributed by atoms with E-state index in [1.807, 2.05) is 0 Å². The van der Waals surface area contributed by atoms with Gasteiger partial charge in [-0.3, -0.25) is 15.0 Å². The normalized spacial score (nSPS) is 23.1. The summed E-state index contributed by atoms with van der Waals surface area (Å²) in [6.45, 7) is 3.84. The van der Waals surface area contributed by atoms with Gasteiger partial charge in [-0.15, -0.1) is 11.3 Å². The van der Waals surface area contributed by atoms with E-state index in [1.165, 1.54) is 23.5 Å². The zero-order valence-electron chi connectivity index (χ0n) is 21.1. The Bertz CT molecular complexity index is 1230. The van der Waals surface area contributed by atoms with Crippen LogP contribution in [0.1, 0.15) is 36.1 Å². The van der Waals surface area contributed by atoms with Gasteiger partial charge in [-0.25, -0.2) is 13.4 Å². The molecule has 0 radical (unpaired) electrons. The number of hydrogen-bond donors (Lipinski definition) is 1. The molecule has 12 heteroatoms. The first-order valence-electron chi connectivity index (χ1n) is 12.6. The second kappa shape index (κ2) is 11.2. The number of hydrogen-bond acceptors (Lipinski definition) is 10. The van der Waals surface area contributed by atoms with Crippen molar-refractivity contribution in [2.45, 2.75) is 54.5 Å². The molecule has 0 bridgehead atoms. The molecule has 1 aromatic carbocycles. The summed E-state index contributed by atoms with van der Waals surface area (Å²) in [5.74, 6) is -0.466. The quantitative estimate of drug-likeness (QED) is 0.356. The number of likely N-dealkylation sites (N-methyl/N-ethyl adjacent to an activating group) is 1. The summed E-state index contributed by atoms with van der Waals surface area (Å²) in [7, 11) is 0.894. The lowest BCUT2D eigenvalue weighted by atomic mass is 10.1. The molecule has 37 heavy (non-hydrogen) atoms. The molecule has 5 rings (SSSR count).